The normalized spacial score (nSPS) is 10.0. The van der Waals surface area contributed by atoms with Crippen molar-refractivity contribution in [3.05, 3.63) is 73.3 Å². The number of nitrogens with zero attached hydrogens (tertiary/aromatic N) is 2. The predicted octanol–water partition coefficient (Wildman–Crippen LogP) is 2.95. The van der Waals surface area contributed by atoms with Gasteiger partial charge in [0.05, 0.1) is 32.2 Å². The number of hydrogen-bond acceptors (Lipinski definition) is 7. The standard InChI is InChI=1S/C15H10ClN3O7/c16-12-3-1-2-4-13(12)17-14(20)8-26-15(21)9-5-10(18(22)23)7-11(6-9)19(24)25/h1-7H,8H2,(H,17,20). The molecule has 0 aliphatic heterocycles. The maximum Gasteiger partial charge on any atom is 0.339 e. The van der Waals surface area contributed by atoms with Crippen LogP contribution >= 0.6 is 11.6 Å². The lowest BCUT2D eigenvalue weighted by atomic mass is 10.2. The largest absolute Gasteiger partial charge is 0.452 e. The van der Waals surface area contributed by atoms with E-state index in [1.165, 1.54) is 6.07 Å². The highest BCUT2D eigenvalue weighted by Crippen LogP contribution is 2.23. The van der Waals surface area contributed by atoms with Crippen LogP contribution in [0.5, 0.6) is 0 Å². The van der Waals surface area contributed by atoms with E-state index in [-0.39, 0.29) is 5.02 Å². The number of nitrogens with one attached hydrogen (secondary N) is 1. The predicted molar refractivity (Wildman–Crippen MR) is 90.1 cm³/mol. The maximum atomic E-state index is 11.9. The first-order valence-electron chi connectivity index (χ1n) is 6.93. The van der Waals surface area contributed by atoms with Gasteiger partial charge < -0.3 is 10.1 Å². The summed E-state index contributed by atoms with van der Waals surface area (Å²) in [6, 6.07) is 8.73. The summed E-state index contributed by atoms with van der Waals surface area (Å²) in [5.74, 6) is -1.82. The molecule has 26 heavy (non-hydrogen) atoms. The van der Waals surface area contributed by atoms with Crippen LogP contribution in [0.25, 0.3) is 0 Å². The van der Waals surface area contributed by atoms with Crippen LogP contribution < -0.4 is 5.32 Å². The number of hydrogen-bond donors (Lipinski definition) is 1. The number of carbonyl (C=O) groups is 2. The Labute approximate surface area is 150 Å². The zero-order valence-corrected chi connectivity index (χ0v) is 13.6. The van der Waals surface area contributed by atoms with Crippen molar-refractivity contribution in [2.45, 2.75) is 0 Å². The number of nitro groups is 2. The van der Waals surface area contributed by atoms with Crippen molar-refractivity contribution in [3.63, 3.8) is 0 Å². The summed E-state index contributed by atoms with van der Waals surface area (Å²) in [6.07, 6.45) is 0. The molecule has 0 fully saturated rings. The molecule has 0 radical (unpaired) electrons. The van der Waals surface area contributed by atoms with E-state index in [2.05, 4.69) is 5.32 Å². The van der Waals surface area contributed by atoms with Crippen LogP contribution in [-0.2, 0) is 9.53 Å². The molecule has 2 rings (SSSR count). The number of ether oxygens (including phenoxy) is 1. The molecule has 2 aromatic rings. The lowest BCUT2D eigenvalue weighted by Gasteiger charge is -2.08. The van der Waals surface area contributed by atoms with Crippen molar-refractivity contribution in [2.24, 2.45) is 0 Å². The van der Waals surface area contributed by atoms with Crippen molar-refractivity contribution < 1.29 is 24.2 Å². The van der Waals surface area contributed by atoms with Crippen molar-refractivity contribution >= 4 is 40.5 Å². The van der Waals surface area contributed by atoms with Crippen LogP contribution in [0.4, 0.5) is 17.1 Å². The summed E-state index contributed by atoms with van der Waals surface area (Å²) in [6.45, 7) is -0.708. The van der Waals surface area contributed by atoms with Gasteiger partial charge in [-0.1, -0.05) is 23.7 Å². The molecule has 0 aliphatic rings. The minimum absolute atomic E-state index is 0.279. The van der Waals surface area contributed by atoms with Crippen LogP contribution in [-0.4, -0.2) is 28.3 Å². The Bertz CT molecular complexity index is 868. The summed E-state index contributed by atoms with van der Waals surface area (Å²) in [4.78, 5) is 43.6. The van der Waals surface area contributed by atoms with Crippen molar-refractivity contribution in [1.29, 1.82) is 0 Å². The molecule has 1 N–H and O–H groups in total. The molecule has 0 unspecified atom stereocenters. The molecule has 0 aliphatic carbocycles. The number of para-hydroxylation sites is 1. The van der Waals surface area contributed by atoms with Crippen LogP contribution in [0, 0.1) is 20.2 Å². The molecule has 134 valence electrons. The molecule has 0 atom stereocenters. The van der Waals surface area contributed by atoms with Gasteiger partial charge in [0, 0.05) is 12.1 Å². The molecule has 11 heteroatoms. The highest BCUT2D eigenvalue weighted by molar-refractivity contribution is 6.33. The van der Waals surface area contributed by atoms with Gasteiger partial charge in [-0.05, 0) is 12.1 Å². The topological polar surface area (TPSA) is 142 Å². The van der Waals surface area contributed by atoms with Gasteiger partial charge in [-0.25, -0.2) is 4.79 Å². The van der Waals surface area contributed by atoms with E-state index in [0.717, 1.165) is 12.1 Å². The van der Waals surface area contributed by atoms with Crippen molar-refractivity contribution in [1.82, 2.24) is 0 Å². The molecular weight excluding hydrogens is 370 g/mol. The Hall–Kier alpha value is -3.53. The van der Waals surface area contributed by atoms with Gasteiger partial charge in [0.15, 0.2) is 6.61 Å². The third-order valence-electron chi connectivity index (χ3n) is 3.04. The third-order valence-corrected chi connectivity index (χ3v) is 3.37. The number of amides is 1. The Kier molecular flexibility index (Phi) is 5.81. The number of rotatable bonds is 6. The Morgan fingerprint density at radius 3 is 2.15 bits per heavy atom. The lowest BCUT2D eigenvalue weighted by Crippen LogP contribution is -2.21. The molecule has 2 aromatic carbocycles. The number of anilines is 1. The fourth-order valence-electron chi connectivity index (χ4n) is 1.89. The molecule has 0 bridgehead atoms. The number of non-ortho nitro benzene ring substituents is 2. The molecule has 1 amide bonds. The minimum atomic E-state index is -1.12. The van der Waals surface area contributed by atoms with Crippen LogP contribution in [0.1, 0.15) is 10.4 Å². The van der Waals surface area contributed by atoms with E-state index >= 15 is 0 Å². The quantitative estimate of drug-likeness (QED) is 0.461. The fraction of sp³-hybridized carbons (Fsp3) is 0.0667. The number of carbonyl (C=O) groups excluding carboxylic acids is 2. The van der Waals surface area contributed by atoms with Gasteiger partial charge >= 0.3 is 5.97 Å². The number of halogens is 1. The van der Waals surface area contributed by atoms with E-state index in [1.54, 1.807) is 18.2 Å². The van der Waals surface area contributed by atoms with Gasteiger partial charge in [-0.3, -0.25) is 25.0 Å². The van der Waals surface area contributed by atoms with E-state index in [9.17, 15) is 29.8 Å². The van der Waals surface area contributed by atoms with Crippen LogP contribution in [0.3, 0.4) is 0 Å². The van der Waals surface area contributed by atoms with Crippen LogP contribution in [0.2, 0.25) is 5.02 Å². The van der Waals surface area contributed by atoms with Gasteiger partial charge in [-0.2, -0.15) is 0 Å². The maximum absolute atomic E-state index is 11.9. The summed E-state index contributed by atoms with van der Waals surface area (Å²) >= 11 is 5.87. The summed E-state index contributed by atoms with van der Waals surface area (Å²) < 4.78 is 4.73. The van der Waals surface area contributed by atoms with Gasteiger partial charge in [0.1, 0.15) is 0 Å². The Morgan fingerprint density at radius 2 is 1.62 bits per heavy atom. The smallest absolute Gasteiger partial charge is 0.339 e. The molecule has 10 nitrogen and oxygen atoms in total. The van der Waals surface area contributed by atoms with Gasteiger partial charge in [0.2, 0.25) is 0 Å². The molecule has 0 heterocycles. The summed E-state index contributed by atoms with van der Waals surface area (Å²) in [7, 11) is 0. The van der Waals surface area contributed by atoms with E-state index < -0.39 is 45.3 Å². The second-order valence-corrected chi connectivity index (χ2v) is 5.26. The highest BCUT2D eigenvalue weighted by atomic mass is 35.5. The zero-order chi connectivity index (χ0) is 19.3. The number of esters is 1. The lowest BCUT2D eigenvalue weighted by molar-refractivity contribution is -0.394. The summed E-state index contributed by atoms with van der Waals surface area (Å²) in [5, 5.41) is 24.3. The second kappa shape index (κ2) is 8.03. The van der Waals surface area contributed by atoms with E-state index in [0.29, 0.717) is 11.8 Å². The van der Waals surface area contributed by atoms with E-state index in [4.69, 9.17) is 16.3 Å². The SMILES string of the molecule is O=C(COC(=O)c1cc([N+](=O)[O-])cc([N+](=O)[O-])c1)Nc1ccccc1Cl. The first kappa shape index (κ1) is 18.8. The molecule has 0 saturated carbocycles. The minimum Gasteiger partial charge on any atom is -0.452 e. The molecule has 0 spiro atoms. The van der Waals surface area contributed by atoms with Crippen LogP contribution in [0.15, 0.2) is 42.5 Å². The number of nitro benzene ring substituents is 2. The second-order valence-electron chi connectivity index (χ2n) is 4.86. The van der Waals surface area contributed by atoms with Gasteiger partial charge in [-0.15, -0.1) is 0 Å². The average molecular weight is 380 g/mol. The highest BCUT2D eigenvalue weighted by Gasteiger charge is 2.21. The average Bonchev–Trinajstić information content (AvgIpc) is 2.61. The monoisotopic (exact) mass is 379 g/mol. The molecule has 0 saturated heterocycles. The molecule has 0 aromatic heterocycles. The first-order valence-corrected chi connectivity index (χ1v) is 7.31. The van der Waals surface area contributed by atoms with Crippen molar-refractivity contribution in [2.75, 3.05) is 11.9 Å². The molecular formula is C15H10ClN3O7. The first-order chi connectivity index (χ1) is 12.3. The van der Waals surface area contributed by atoms with E-state index in [1.807, 2.05) is 0 Å². The van der Waals surface area contributed by atoms with Gasteiger partial charge in [0.25, 0.3) is 17.3 Å². The number of benzene rings is 2. The van der Waals surface area contributed by atoms with Crippen molar-refractivity contribution in [3.8, 4) is 0 Å². The summed E-state index contributed by atoms with van der Waals surface area (Å²) in [5.41, 5.74) is -1.41. The third kappa shape index (κ3) is 4.74. The zero-order valence-electron chi connectivity index (χ0n) is 12.9. The Morgan fingerprint density at radius 1 is 1.04 bits per heavy atom. The Balaban J connectivity index is 2.07. The fourth-order valence-corrected chi connectivity index (χ4v) is 2.07.